The van der Waals surface area contributed by atoms with Gasteiger partial charge in [0, 0.05) is 37.9 Å². The van der Waals surface area contributed by atoms with Gasteiger partial charge in [0.2, 0.25) is 0 Å². The molecule has 0 aromatic carbocycles. The van der Waals surface area contributed by atoms with Crippen molar-refractivity contribution in [2.45, 2.75) is 57.1 Å². The molecule has 8 nitrogen and oxygen atoms in total. The third kappa shape index (κ3) is 4.33. The van der Waals surface area contributed by atoms with E-state index in [0.29, 0.717) is 24.7 Å². The Balaban J connectivity index is 1.57. The minimum absolute atomic E-state index is 0.0700. The van der Waals surface area contributed by atoms with Crippen LogP contribution in [-0.4, -0.2) is 55.4 Å². The molecule has 4 rings (SSSR count). The summed E-state index contributed by atoms with van der Waals surface area (Å²) in [4.78, 5) is 26.4. The van der Waals surface area contributed by atoms with Gasteiger partial charge < -0.3 is 19.7 Å². The molecule has 0 atom stereocenters. The number of rotatable bonds is 5. The van der Waals surface area contributed by atoms with Crippen LogP contribution in [0.5, 0.6) is 0 Å². The maximum atomic E-state index is 12.9. The van der Waals surface area contributed by atoms with Gasteiger partial charge >= 0.3 is 0 Å². The van der Waals surface area contributed by atoms with Crippen molar-refractivity contribution in [3.8, 4) is 11.5 Å². The molecular weight excluding hydrogens is 370 g/mol. The second kappa shape index (κ2) is 7.84. The molecule has 1 aliphatic heterocycles. The molecule has 0 radical (unpaired) electrons. The Bertz CT molecular complexity index is 877. The summed E-state index contributed by atoms with van der Waals surface area (Å²) in [5.74, 6) is 0.792. The predicted octanol–water partition coefficient (Wildman–Crippen LogP) is 2.05. The van der Waals surface area contributed by atoms with Crippen molar-refractivity contribution >= 4 is 5.91 Å². The number of nitrogens with one attached hydrogen (secondary N) is 1. The summed E-state index contributed by atoms with van der Waals surface area (Å²) in [6.07, 6.45) is 6.75. The minimum atomic E-state index is -0.709. The first-order valence-corrected chi connectivity index (χ1v) is 10.3. The van der Waals surface area contributed by atoms with Crippen LogP contribution in [0, 0.1) is 5.92 Å². The number of hydrogen-bond acceptors (Lipinski definition) is 6. The molecule has 2 fully saturated rings. The normalized spacial score (nSPS) is 22.9. The molecule has 2 aromatic rings. The molecular formula is C21H29N5O3. The number of nitrogens with zero attached hydrogens (tertiary/aromatic N) is 4. The van der Waals surface area contributed by atoms with Crippen LogP contribution >= 0.6 is 0 Å². The summed E-state index contributed by atoms with van der Waals surface area (Å²) in [5.41, 5.74) is 1.33. The highest BCUT2D eigenvalue weighted by Gasteiger charge is 2.39. The average Bonchev–Trinajstić information content (AvgIpc) is 3.09. The summed E-state index contributed by atoms with van der Waals surface area (Å²) in [7, 11) is 1.89. The number of imidazole rings is 1. The fourth-order valence-electron chi connectivity index (χ4n) is 4.04. The van der Waals surface area contributed by atoms with Crippen LogP contribution in [0.25, 0.3) is 11.5 Å². The molecule has 1 amide bonds. The molecule has 0 spiro atoms. The zero-order valence-electron chi connectivity index (χ0n) is 17.3. The van der Waals surface area contributed by atoms with Crippen molar-refractivity contribution in [2.75, 3.05) is 13.2 Å². The van der Waals surface area contributed by atoms with Gasteiger partial charge in [0.1, 0.15) is 11.4 Å². The number of carbonyl (C=O) groups excluding carboxylic acids is 1. The third-order valence-corrected chi connectivity index (χ3v) is 6.14. The monoisotopic (exact) mass is 399 g/mol. The second-order valence-electron chi connectivity index (χ2n) is 8.77. The van der Waals surface area contributed by atoms with Crippen molar-refractivity contribution in [3.63, 3.8) is 0 Å². The Morgan fingerprint density at radius 1 is 1.28 bits per heavy atom. The lowest BCUT2D eigenvalue weighted by Crippen LogP contribution is -2.51. The van der Waals surface area contributed by atoms with Gasteiger partial charge in [-0.15, -0.1) is 0 Å². The zero-order valence-corrected chi connectivity index (χ0v) is 17.3. The standard InChI is InChI=1S/C21H29N5O3/c1-21(2,28)14-8-15(9-14)23-20(27)17-10-16(13-4-6-29-7-5-13)24-19(25-17)18-11-22-12-26(18)3/h10-15,28H,4-9H2,1-3H3,(H,23,27). The number of aliphatic hydroxyl groups is 1. The summed E-state index contributed by atoms with van der Waals surface area (Å²) in [6.45, 7) is 5.05. The largest absolute Gasteiger partial charge is 0.390 e. The van der Waals surface area contributed by atoms with Gasteiger partial charge in [-0.2, -0.15) is 0 Å². The smallest absolute Gasteiger partial charge is 0.270 e. The molecule has 1 saturated heterocycles. The molecule has 2 aromatic heterocycles. The molecule has 29 heavy (non-hydrogen) atoms. The number of ether oxygens (including phenoxy) is 1. The summed E-state index contributed by atoms with van der Waals surface area (Å²) < 4.78 is 7.33. The first kappa shape index (κ1) is 20.0. The van der Waals surface area contributed by atoms with Gasteiger partial charge in [-0.25, -0.2) is 15.0 Å². The van der Waals surface area contributed by atoms with E-state index >= 15 is 0 Å². The Morgan fingerprint density at radius 2 is 2.00 bits per heavy atom. The van der Waals surface area contributed by atoms with Gasteiger partial charge in [0.05, 0.1) is 18.1 Å². The number of carbonyl (C=O) groups is 1. The minimum Gasteiger partial charge on any atom is -0.390 e. The Morgan fingerprint density at radius 3 is 2.62 bits per heavy atom. The predicted molar refractivity (Wildman–Crippen MR) is 107 cm³/mol. The van der Waals surface area contributed by atoms with Crippen LogP contribution in [0.3, 0.4) is 0 Å². The molecule has 1 aliphatic carbocycles. The van der Waals surface area contributed by atoms with E-state index < -0.39 is 5.60 Å². The van der Waals surface area contributed by atoms with E-state index in [9.17, 15) is 9.90 Å². The van der Waals surface area contributed by atoms with E-state index in [0.717, 1.165) is 37.1 Å². The summed E-state index contributed by atoms with van der Waals surface area (Å²) in [5, 5.41) is 13.2. The van der Waals surface area contributed by atoms with Gasteiger partial charge in [-0.3, -0.25) is 4.79 Å². The maximum Gasteiger partial charge on any atom is 0.270 e. The van der Waals surface area contributed by atoms with Crippen molar-refractivity contribution < 1.29 is 14.6 Å². The summed E-state index contributed by atoms with van der Waals surface area (Å²) in [6, 6.07) is 1.89. The number of hydrogen-bond donors (Lipinski definition) is 2. The quantitative estimate of drug-likeness (QED) is 0.798. The second-order valence-corrected chi connectivity index (χ2v) is 8.77. The highest BCUT2D eigenvalue weighted by Crippen LogP contribution is 2.36. The van der Waals surface area contributed by atoms with Crippen LogP contribution in [0.2, 0.25) is 0 Å². The van der Waals surface area contributed by atoms with E-state index in [2.05, 4.69) is 15.3 Å². The Kier molecular flexibility index (Phi) is 5.40. The molecule has 2 aliphatic rings. The van der Waals surface area contributed by atoms with E-state index in [4.69, 9.17) is 9.72 Å². The number of aryl methyl sites for hydroxylation is 1. The van der Waals surface area contributed by atoms with E-state index in [1.165, 1.54) is 0 Å². The lowest BCUT2D eigenvalue weighted by molar-refractivity contribution is -0.0309. The van der Waals surface area contributed by atoms with Crippen molar-refractivity contribution in [1.29, 1.82) is 0 Å². The van der Waals surface area contributed by atoms with Crippen LogP contribution in [0.4, 0.5) is 0 Å². The fraction of sp³-hybridized carbons (Fsp3) is 0.619. The van der Waals surface area contributed by atoms with Crippen LogP contribution in [0.15, 0.2) is 18.6 Å². The highest BCUT2D eigenvalue weighted by atomic mass is 16.5. The molecule has 2 N–H and O–H groups in total. The van der Waals surface area contributed by atoms with Crippen molar-refractivity contribution in [3.05, 3.63) is 30.0 Å². The molecule has 0 unspecified atom stereocenters. The topological polar surface area (TPSA) is 102 Å². The lowest BCUT2D eigenvalue weighted by atomic mass is 9.71. The van der Waals surface area contributed by atoms with E-state index in [1.54, 1.807) is 12.5 Å². The van der Waals surface area contributed by atoms with Gasteiger partial charge in [-0.1, -0.05) is 0 Å². The summed E-state index contributed by atoms with van der Waals surface area (Å²) >= 11 is 0. The molecule has 3 heterocycles. The molecule has 0 bridgehead atoms. The Hall–Kier alpha value is -2.32. The van der Waals surface area contributed by atoms with Crippen LogP contribution in [-0.2, 0) is 11.8 Å². The fourth-order valence-corrected chi connectivity index (χ4v) is 4.04. The van der Waals surface area contributed by atoms with Gasteiger partial charge in [-0.05, 0) is 51.5 Å². The average molecular weight is 399 g/mol. The SMILES string of the molecule is Cn1cncc1-c1nc(C(=O)NC2CC(C(C)(C)O)C2)cc(C2CCOCC2)n1. The highest BCUT2D eigenvalue weighted by molar-refractivity contribution is 5.93. The van der Waals surface area contributed by atoms with E-state index in [1.807, 2.05) is 31.5 Å². The van der Waals surface area contributed by atoms with E-state index in [-0.39, 0.29) is 23.8 Å². The first-order valence-electron chi connectivity index (χ1n) is 10.3. The third-order valence-electron chi connectivity index (χ3n) is 6.14. The first-order chi connectivity index (χ1) is 13.8. The molecule has 8 heteroatoms. The van der Waals surface area contributed by atoms with Gasteiger partial charge in [0.15, 0.2) is 5.82 Å². The molecule has 156 valence electrons. The number of amides is 1. The van der Waals surface area contributed by atoms with Crippen LogP contribution < -0.4 is 5.32 Å². The maximum absolute atomic E-state index is 12.9. The van der Waals surface area contributed by atoms with Gasteiger partial charge in [0.25, 0.3) is 5.91 Å². The van der Waals surface area contributed by atoms with Crippen molar-refractivity contribution in [1.82, 2.24) is 24.8 Å². The Labute approximate surface area is 170 Å². The molecule has 1 saturated carbocycles. The zero-order chi connectivity index (χ0) is 20.6. The van der Waals surface area contributed by atoms with Crippen LogP contribution in [0.1, 0.15) is 61.6 Å². The lowest BCUT2D eigenvalue weighted by Gasteiger charge is -2.42. The number of aromatic nitrogens is 4. The van der Waals surface area contributed by atoms with Crippen molar-refractivity contribution in [2.24, 2.45) is 13.0 Å².